The van der Waals surface area contributed by atoms with E-state index in [4.69, 9.17) is 9.47 Å². The van der Waals surface area contributed by atoms with Crippen molar-refractivity contribution in [3.05, 3.63) is 65.1 Å². The van der Waals surface area contributed by atoms with Crippen molar-refractivity contribution >= 4 is 11.7 Å². The first-order chi connectivity index (χ1) is 13.1. The van der Waals surface area contributed by atoms with Crippen LogP contribution in [0.25, 0.3) is 0 Å². The molecule has 0 aliphatic carbocycles. The van der Waals surface area contributed by atoms with Crippen LogP contribution in [-0.4, -0.2) is 27.7 Å². The Morgan fingerprint density at radius 2 is 2.04 bits per heavy atom. The maximum Gasteiger partial charge on any atom is 0.231 e. The van der Waals surface area contributed by atoms with Crippen LogP contribution in [0.2, 0.25) is 0 Å². The molecule has 0 atom stereocenters. The zero-order valence-corrected chi connectivity index (χ0v) is 14.6. The van der Waals surface area contributed by atoms with Crippen LogP contribution >= 0.6 is 0 Å². The van der Waals surface area contributed by atoms with E-state index in [1.54, 1.807) is 41.9 Å². The summed E-state index contributed by atoms with van der Waals surface area (Å²) < 4.78 is 25.9. The standard InChI is InChI=1S/C19H17FN4O3/c1-12-19(22-23-24(12)10-14-4-2-3-5-15(14)20)21-18(25)9-13-6-7-16-17(8-13)27-11-26-16/h2-8H,9-11H2,1H3,(H,21,25). The lowest BCUT2D eigenvalue weighted by atomic mass is 10.1. The van der Waals surface area contributed by atoms with E-state index in [1.165, 1.54) is 6.07 Å². The first-order valence-electron chi connectivity index (χ1n) is 8.42. The van der Waals surface area contributed by atoms with E-state index in [1.807, 2.05) is 6.07 Å². The Hall–Kier alpha value is -3.42. The molecule has 1 aliphatic heterocycles. The largest absolute Gasteiger partial charge is 0.454 e. The number of hydrogen-bond acceptors (Lipinski definition) is 5. The number of carbonyl (C=O) groups is 1. The molecule has 1 N–H and O–H groups in total. The summed E-state index contributed by atoms with van der Waals surface area (Å²) in [4.78, 5) is 12.3. The predicted octanol–water partition coefficient (Wildman–Crippen LogP) is 2.68. The van der Waals surface area contributed by atoms with E-state index in [-0.39, 0.29) is 31.5 Å². The van der Waals surface area contributed by atoms with E-state index >= 15 is 0 Å². The van der Waals surface area contributed by atoms with Gasteiger partial charge >= 0.3 is 0 Å². The molecule has 27 heavy (non-hydrogen) atoms. The smallest absolute Gasteiger partial charge is 0.231 e. The predicted molar refractivity (Wildman–Crippen MR) is 95.2 cm³/mol. The minimum atomic E-state index is -0.305. The first kappa shape index (κ1) is 17.0. The average molecular weight is 368 g/mol. The molecule has 3 aromatic rings. The molecule has 1 aromatic heterocycles. The van der Waals surface area contributed by atoms with Crippen molar-refractivity contribution in [3.8, 4) is 11.5 Å². The topological polar surface area (TPSA) is 78.3 Å². The number of anilines is 1. The molecule has 0 spiro atoms. The third-order valence-electron chi connectivity index (χ3n) is 4.32. The Kier molecular flexibility index (Phi) is 4.45. The quantitative estimate of drug-likeness (QED) is 0.749. The minimum absolute atomic E-state index is 0.163. The van der Waals surface area contributed by atoms with Crippen LogP contribution in [0.5, 0.6) is 11.5 Å². The molecule has 2 heterocycles. The highest BCUT2D eigenvalue weighted by molar-refractivity contribution is 5.91. The summed E-state index contributed by atoms with van der Waals surface area (Å²) in [5, 5.41) is 10.8. The highest BCUT2D eigenvalue weighted by Gasteiger charge is 2.16. The van der Waals surface area contributed by atoms with Crippen LogP contribution in [0, 0.1) is 12.7 Å². The Morgan fingerprint density at radius 1 is 1.22 bits per heavy atom. The van der Waals surface area contributed by atoms with Gasteiger partial charge in [-0.25, -0.2) is 9.07 Å². The van der Waals surface area contributed by atoms with Crippen LogP contribution in [0.4, 0.5) is 10.2 Å². The summed E-state index contributed by atoms with van der Waals surface area (Å²) in [7, 11) is 0. The normalized spacial score (nSPS) is 12.2. The fourth-order valence-electron chi connectivity index (χ4n) is 2.83. The number of nitrogens with zero attached hydrogens (tertiary/aromatic N) is 3. The van der Waals surface area contributed by atoms with Gasteiger partial charge in [-0.15, -0.1) is 5.10 Å². The lowest BCUT2D eigenvalue weighted by Crippen LogP contribution is -2.15. The van der Waals surface area contributed by atoms with Crippen molar-refractivity contribution < 1.29 is 18.7 Å². The Balaban J connectivity index is 1.43. The number of rotatable bonds is 5. The molecule has 0 radical (unpaired) electrons. The molecule has 0 unspecified atom stereocenters. The van der Waals surface area contributed by atoms with Gasteiger partial charge < -0.3 is 14.8 Å². The molecule has 4 rings (SSSR count). The highest BCUT2D eigenvalue weighted by atomic mass is 19.1. The van der Waals surface area contributed by atoms with Gasteiger partial charge in [0.05, 0.1) is 18.7 Å². The second-order valence-corrected chi connectivity index (χ2v) is 6.19. The summed E-state index contributed by atoms with van der Waals surface area (Å²) in [6.07, 6.45) is 0.163. The van der Waals surface area contributed by atoms with Crippen molar-refractivity contribution in [1.29, 1.82) is 0 Å². The maximum absolute atomic E-state index is 13.8. The van der Waals surface area contributed by atoms with Gasteiger partial charge in [-0.2, -0.15) is 0 Å². The number of hydrogen-bond donors (Lipinski definition) is 1. The first-order valence-corrected chi connectivity index (χ1v) is 8.42. The van der Waals surface area contributed by atoms with Gasteiger partial charge in [-0.1, -0.05) is 29.5 Å². The number of fused-ring (bicyclic) bond motifs is 1. The highest BCUT2D eigenvalue weighted by Crippen LogP contribution is 2.32. The summed E-state index contributed by atoms with van der Waals surface area (Å²) in [6, 6.07) is 11.9. The number of carbonyl (C=O) groups excluding carboxylic acids is 1. The molecule has 0 fully saturated rings. The summed E-state index contributed by atoms with van der Waals surface area (Å²) in [5.74, 6) is 1.13. The van der Waals surface area contributed by atoms with E-state index in [0.717, 1.165) is 5.56 Å². The third-order valence-corrected chi connectivity index (χ3v) is 4.32. The van der Waals surface area contributed by atoms with Crippen molar-refractivity contribution in [2.24, 2.45) is 0 Å². The van der Waals surface area contributed by atoms with Crippen LogP contribution in [0.15, 0.2) is 42.5 Å². The Morgan fingerprint density at radius 3 is 2.89 bits per heavy atom. The molecule has 1 amide bonds. The van der Waals surface area contributed by atoms with E-state index < -0.39 is 0 Å². The number of ether oxygens (including phenoxy) is 2. The number of nitrogens with one attached hydrogen (secondary N) is 1. The molecule has 1 aliphatic rings. The summed E-state index contributed by atoms with van der Waals surface area (Å²) in [6.45, 7) is 2.20. The molecule has 2 aromatic carbocycles. The SMILES string of the molecule is Cc1c(NC(=O)Cc2ccc3c(c2)OCO3)nnn1Cc1ccccc1F. The lowest BCUT2D eigenvalue weighted by Gasteiger charge is -2.06. The van der Waals surface area contributed by atoms with Crippen LogP contribution in [0.3, 0.4) is 0 Å². The molecule has 0 bridgehead atoms. The molecule has 138 valence electrons. The number of benzene rings is 2. The minimum Gasteiger partial charge on any atom is -0.454 e. The van der Waals surface area contributed by atoms with Gasteiger partial charge in [-0.05, 0) is 30.7 Å². The number of aromatic nitrogens is 3. The zero-order chi connectivity index (χ0) is 18.8. The molecular formula is C19H17FN4O3. The Bertz CT molecular complexity index is 1000. The van der Waals surface area contributed by atoms with E-state index in [9.17, 15) is 9.18 Å². The molecule has 8 heteroatoms. The van der Waals surface area contributed by atoms with Crippen LogP contribution in [-0.2, 0) is 17.8 Å². The molecule has 7 nitrogen and oxygen atoms in total. The molecular weight excluding hydrogens is 351 g/mol. The van der Waals surface area contributed by atoms with Crippen molar-refractivity contribution in [2.45, 2.75) is 19.9 Å². The fourth-order valence-corrected chi connectivity index (χ4v) is 2.83. The molecule has 0 saturated heterocycles. The van der Waals surface area contributed by atoms with Crippen LogP contribution < -0.4 is 14.8 Å². The van der Waals surface area contributed by atoms with E-state index in [0.29, 0.717) is 28.6 Å². The fraction of sp³-hybridized carbons (Fsp3) is 0.211. The van der Waals surface area contributed by atoms with Crippen LogP contribution in [0.1, 0.15) is 16.8 Å². The van der Waals surface area contributed by atoms with Gasteiger partial charge in [-0.3, -0.25) is 4.79 Å². The van der Waals surface area contributed by atoms with Gasteiger partial charge in [0.25, 0.3) is 0 Å². The monoisotopic (exact) mass is 368 g/mol. The maximum atomic E-state index is 13.8. The number of halogens is 1. The van der Waals surface area contributed by atoms with Gasteiger partial charge in [0.2, 0.25) is 12.7 Å². The zero-order valence-electron chi connectivity index (χ0n) is 14.6. The average Bonchev–Trinajstić information content (AvgIpc) is 3.25. The molecule has 0 saturated carbocycles. The second-order valence-electron chi connectivity index (χ2n) is 6.19. The van der Waals surface area contributed by atoms with Crippen molar-refractivity contribution in [1.82, 2.24) is 15.0 Å². The van der Waals surface area contributed by atoms with Crippen molar-refractivity contribution in [3.63, 3.8) is 0 Å². The lowest BCUT2D eigenvalue weighted by molar-refractivity contribution is -0.115. The van der Waals surface area contributed by atoms with Gasteiger partial charge in [0.1, 0.15) is 5.82 Å². The summed E-state index contributed by atoms with van der Waals surface area (Å²) in [5.41, 5.74) is 1.95. The van der Waals surface area contributed by atoms with Gasteiger partial charge in [0, 0.05) is 5.56 Å². The second kappa shape index (κ2) is 7.06. The van der Waals surface area contributed by atoms with Crippen molar-refractivity contribution in [2.75, 3.05) is 12.1 Å². The summed E-state index contributed by atoms with van der Waals surface area (Å²) >= 11 is 0. The van der Waals surface area contributed by atoms with Gasteiger partial charge in [0.15, 0.2) is 17.3 Å². The number of amides is 1. The third kappa shape index (κ3) is 3.59. The Labute approximate surface area is 154 Å². The van der Waals surface area contributed by atoms with E-state index in [2.05, 4.69) is 15.6 Å².